The second kappa shape index (κ2) is 6.59. The van der Waals surface area contributed by atoms with Gasteiger partial charge in [-0.1, -0.05) is 0 Å². The Morgan fingerprint density at radius 3 is 2.56 bits per heavy atom. The van der Waals surface area contributed by atoms with Gasteiger partial charge in [0, 0.05) is 35.9 Å². The third kappa shape index (κ3) is 3.22. The van der Waals surface area contributed by atoms with Crippen molar-refractivity contribution in [3.8, 4) is 11.5 Å². The monoisotopic (exact) mass is 339 g/mol. The summed E-state index contributed by atoms with van der Waals surface area (Å²) in [4.78, 5) is 12.5. The van der Waals surface area contributed by atoms with Crippen molar-refractivity contribution in [2.45, 2.75) is 12.8 Å². The maximum atomic E-state index is 13.0. The van der Waals surface area contributed by atoms with Gasteiger partial charge in [-0.25, -0.2) is 4.39 Å². The molecule has 2 aromatic carbocycles. The van der Waals surface area contributed by atoms with Crippen molar-refractivity contribution in [1.82, 2.24) is 5.32 Å². The molecule has 0 bridgehead atoms. The highest BCUT2D eigenvalue weighted by atomic mass is 19.1. The van der Waals surface area contributed by atoms with E-state index in [1.807, 2.05) is 12.1 Å². The molecule has 5 heteroatoms. The molecule has 2 aliphatic heterocycles. The van der Waals surface area contributed by atoms with Crippen LogP contribution < -0.4 is 14.8 Å². The quantitative estimate of drug-likeness (QED) is 0.673. The Balaban J connectivity index is 1.70. The second-order valence-electron chi connectivity index (χ2n) is 6.11. The van der Waals surface area contributed by atoms with E-state index in [-0.39, 0.29) is 11.6 Å². The lowest BCUT2D eigenvalue weighted by molar-refractivity contribution is 0.104. The van der Waals surface area contributed by atoms with Crippen molar-refractivity contribution >= 4 is 11.5 Å². The van der Waals surface area contributed by atoms with E-state index in [0.717, 1.165) is 42.0 Å². The molecule has 2 aliphatic rings. The van der Waals surface area contributed by atoms with E-state index in [9.17, 15) is 9.18 Å². The molecule has 0 radical (unpaired) electrons. The lowest BCUT2D eigenvalue weighted by Crippen LogP contribution is -2.23. The van der Waals surface area contributed by atoms with Gasteiger partial charge < -0.3 is 14.8 Å². The van der Waals surface area contributed by atoms with E-state index in [4.69, 9.17) is 9.47 Å². The molecule has 4 rings (SSSR count). The van der Waals surface area contributed by atoms with Gasteiger partial charge in [-0.3, -0.25) is 4.79 Å². The van der Waals surface area contributed by atoms with Crippen molar-refractivity contribution < 1.29 is 18.7 Å². The summed E-state index contributed by atoms with van der Waals surface area (Å²) in [5.41, 5.74) is 3.29. The summed E-state index contributed by atoms with van der Waals surface area (Å²) < 4.78 is 24.5. The predicted molar refractivity (Wildman–Crippen MR) is 92.5 cm³/mol. The number of ether oxygens (including phenoxy) is 2. The number of ketones is 1. The maximum absolute atomic E-state index is 13.0. The van der Waals surface area contributed by atoms with Gasteiger partial charge in [0.2, 0.25) is 0 Å². The lowest BCUT2D eigenvalue weighted by Gasteiger charge is -2.23. The van der Waals surface area contributed by atoms with Crippen molar-refractivity contribution in [3.05, 3.63) is 65.0 Å². The third-order valence-corrected chi connectivity index (χ3v) is 4.38. The van der Waals surface area contributed by atoms with Crippen molar-refractivity contribution in [1.29, 1.82) is 0 Å². The van der Waals surface area contributed by atoms with Gasteiger partial charge in [0.15, 0.2) is 17.3 Å². The van der Waals surface area contributed by atoms with Crippen LogP contribution in [-0.2, 0) is 6.42 Å². The zero-order valence-electron chi connectivity index (χ0n) is 13.7. The first-order chi connectivity index (χ1) is 12.2. The first kappa shape index (κ1) is 15.7. The molecule has 0 atom stereocenters. The van der Waals surface area contributed by atoms with Gasteiger partial charge in [0.05, 0.1) is 13.2 Å². The summed E-state index contributed by atoms with van der Waals surface area (Å²) >= 11 is 0. The molecule has 0 spiro atoms. The molecule has 0 aromatic heterocycles. The van der Waals surface area contributed by atoms with E-state index >= 15 is 0 Å². The molecule has 0 unspecified atom stereocenters. The van der Waals surface area contributed by atoms with Crippen LogP contribution in [0, 0.1) is 5.82 Å². The standard InChI is InChI=1S/C20H18FNO3/c21-15-4-2-13(3-5-15)18(23)12-17-16-11-20-19(24-8-1-9-25-20)10-14(16)6-7-22-17/h2-5,10-12,22H,1,6-9H2. The molecule has 4 nitrogen and oxygen atoms in total. The summed E-state index contributed by atoms with van der Waals surface area (Å²) in [7, 11) is 0. The van der Waals surface area contributed by atoms with Gasteiger partial charge in [0.1, 0.15) is 5.82 Å². The molecule has 2 heterocycles. The minimum absolute atomic E-state index is 0.164. The van der Waals surface area contributed by atoms with Gasteiger partial charge >= 0.3 is 0 Å². The number of carbonyl (C=O) groups excluding carboxylic acids is 1. The summed E-state index contributed by atoms with van der Waals surface area (Å²) in [5, 5.41) is 3.28. The SMILES string of the molecule is O=C(C=C1NCCc2cc3c(cc21)OCCCO3)c1ccc(F)cc1. The zero-order chi connectivity index (χ0) is 17.2. The summed E-state index contributed by atoms with van der Waals surface area (Å²) in [6, 6.07) is 9.51. The molecule has 0 saturated carbocycles. The fraction of sp³-hybridized carbons (Fsp3) is 0.250. The molecular formula is C20H18FNO3. The zero-order valence-corrected chi connectivity index (χ0v) is 13.7. The number of benzene rings is 2. The molecule has 0 fully saturated rings. The van der Waals surface area contributed by atoms with Crippen LogP contribution in [0.15, 0.2) is 42.5 Å². The average molecular weight is 339 g/mol. The van der Waals surface area contributed by atoms with Gasteiger partial charge in [-0.15, -0.1) is 0 Å². The van der Waals surface area contributed by atoms with Crippen LogP contribution in [0.2, 0.25) is 0 Å². The smallest absolute Gasteiger partial charge is 0.187 e. The topological polar surface area (TPSA) is 47.6 Å². The van der Waals surface area contributed by atoms with E-state index < -0.39 is 0 Å². The van der Waals surface area contributed by atoms with E-state index in [1.54, 1.807) is 6.08 Å². The summed E-state index contributed by atoms with van der Waals surface area (Å²) in [6.45, 7) is 2.01. The van der Waals surface area contributed by atoms with Gasteiger partial charge in [-0.05, 0) is 48.4 Å². The van der Waals surface area contributed by atoms with Crippen LogP contribution in [0.5, 0.6) is 11.5 Å². The largest absolute Gasteiger partial charge is 0.490 e. The number of fused-ring (bicyclic) bond motifs is 2. The molecular weight excluding hydrogens is 321 g/mol. The maximum Gasteiger partial charge on any atom is 0.187 e. The van der Waals surface area contributed by atoms with Gasteiger partial charge in [0.25, 0.3) is 0 Å². The molecule has 128 valence electrons. The fourth-order valence-corrected chi connectivity index (χ4v) is 3.09. The van der Waals surface area contributed by atoms with Crippen LogP contribution in [0.25, 0.3) is 5.70 Å². The van der Waals surface area contributed by atoms with Crippen LogP contribution in [0.3, 0.4) is 0 Å². The van der Waals surface area contributed by atoms with E-state index in [2.05, 4.69) is 5.32 Å². The number of allylic oxidation sites excluding steroid dienone is 1. The highest BCUT2D eigenvalue weighted by Gasteiger charge is 2.20. The van der Waals surface area contributed by atoms with Crippen LogP contribution in [0.1, 0.15) is 27.9 Å². The minimum atomic E-state index is -0.356. The summed E-state index contributed by atoms with van der Waals surface area (Å²) in [5.74, 6) is 0.954. The number of carbonyl (C=O) groups is 1. The normalized spacial score (nSPS) is 17.4. The van der Waals surface area contributed by atoms with Crippen molar-refractivity contribution in [3.63, 3.8) is 0 Å². The van der Waals surface area contributed by atoms with Gasteiger partial charge in [-0.2, -0.15) is 0 Å². The number of nitrogens with one attached hydrogen (secondary N) is 1. The van der Waals surface area contributed by atoms with E-state index in [0.29, 0.717) is 24.5 Å². The number of rotatable bonds is 2. The Bertz CT molecular complexity index is 843. The molecule has 0 amide bonds. The fourth-order valence-electron chi connectivity index (χ4n) is 3.09. The number of halogens is 1. The Labute approximate surface area is 145 Å². The molecule has 0 aliphatic carbocycles. The van der Waals surface area contributed by atoms with Crippen LogP contribution >= 0.6 is 0 Å². The lowest BCUT2D eigenvalue weighted by atomic mass is 9.95. The average Bonchev–Trinajstić information content (AvgIpc) is 2.85. The third-order valence-electron chi connectivity index (χ3n) is 4.38. The molecule has 2 aromatic rings. The van der Waals surface area contributed by atoms with Crippen LogP contribution in [0.4, 0.5) is 4.39 Å². The Morgan fingerprint density at radius 1 is 1.08 bits per heavy atom. The Morgan fingerprint density at radius 2 is 1.80 bits per heavy atom. The number of hydrogen-bond donors (Lipinski definition) is 1. The van der Waals surface area contributed by atoms with Crippen LogP contribution in [-0.4, -0.2) is 25.5 Å². The first-order valence-electron chi connectivity index (χ1n) is 8.39. The molecule has 25 heavy (non-hydrogen) atoms. The Hall–Kier alpha value is -2.82. The highest BCUT2D eigenvalue weighted by Crippen LogP contribution is 2.36. The predicted octanol–water partition coefficient (Wildman–Crippen LogP) is 3.36. The molecule has 1 N–H and O–H groups in total. The summed E-state index contributed by atoms with van der Waals surface area (Å²) in [6.07, 6.45) is 3.27. The minimum Gasteiger partial charge on any atom is -0.490 e. The number of hydrogen-bond acceptors (Lipinski definition) is 4. The van der Waals surface area contributed by atoms with Crippen molar-refractivity contribution in [2.75, 3.05) is 19.8 Å². The first-order valence-corrected chi connectivity index (χ1v) is 8.39. The molecule has 0 saturated heterocycles. The van der Waals surface area contributed by atoms with E-state index in [1.165, 1.54) is 24.3 Å². The van der Waals surface area contributed by atoms with Crippen molar-refractivity contribution in [2.24, 2.45) is 0 Å². The Kier molecular flexibility index (Phi) is 4.14. The second-order valence-corrected chi connectivity index (χ2v) is 6.11. The highest BCUT2D eigenvalue weighted by molar-refractivity contribution is 6.08.